The molecule has 0 aliphatic heterocycles. The number of hydrogen-bond acceptors (Lipinski definition) is 4. The molecule has 2 unspecified atom stereocenters. The van der Waals surface area contributed by atoms with Gasteiger partial charge in [-0.2, -0.15) is 0 Å². The average molecular weight is 268 g/mol. The molecule has 1 aliphatic carbocycles. The number of nitrogens with zero attached hydrogens (tertiary/aromatic N) is 1. The minimum absolute atomic E-state index is 0.198. The summed E-state index contributed by atoms with van der Waals surface area (Å²) in [5, 5.41) is 12.7. The number of thiazole rings is 1. The zero-order valence-electron chi connectivity index (χ0n) is 10.4. The van der Waals surface area contributed by atoms with Gasteiger partial charge in [0.2, 0.25) is 0 Å². The number of rotatable bonds is 3. The van der Waals surface area contributed by atoms with Crippen molar-refractivity contribution in [3.63, 3.8) is 0 Å². The van der Waals surface area contributed by atoms with Crippen molar-refractivity contribution in [2.24, 2.45) is 5.92 Å². The smallest absolute Gasteiger partial charge is 0.308 e. The van der Waals surface area contributed by atoms with Gasteiger partial charge in [0.05, 0.1) is 16.6 Å². The molecule has 6 heteroatoms. The third kappa shape index (κ3) is 2.53. The molecule has 1 aromatic rings. The number of aryl methyl sites for hydroxylation is 2. The topological polar surface area (TPSA) is 79.3 Å². The highest BCUT2D eigenvalue weighted by atomic mass is 32.1. The van der Waals surface area contributed by atoms with Gasteiger partial charge in [0.25, 0.3) is 5.91 Å². The van der Waals surface area contributed by atoms with Crippen molar-refractivity contribution in [2.45, 2.75) is 39.2 Å². The summed E-state index contributed by atoms with van der Waals surface area (Å²) in [6, 6.07) is -0.253. The third-order valence-electron chi connectivity index (χ3n) is 3.26. The second-order valence-corrected chi connectivity index (χ2v) is 5.81. The van der Waals surface area contributed by atoms with Crippen molar-refractivity contribution in [3.05, 3.63) is 15.6 Å². The van der Waals surface area contributed by atoms with Crippen LogP contribution in [0.4, 0.5) is 0 Å². The first-order valence-electron chi connectivity index (χ1n) is 5.96. The van der Waals surface area contributed by atoms with Gasteiger partial charge in [-0.15, -0.1) is 11.3 Å². The van der Waals surface area contributed by atoms with Crippen LogP contribution in [0.1, 0.15) is 39.6 Å². The first-order chi connectivity index (χ1) is 8.49. The molecule has 1 aromatic heterocycles. The number of hydrogen-bond donors (Lipinski definition) is 2. The van der Waals surface area contributed by atoms with Gasteiger partial charge in [-0.3, -0.25) is 9.59 Å². The lowest BCUT2D eigenvalue weighted by Gasteiger charge is -2.17. The molecule has 2 N–H and O–H groups in total. The normalized spacial score (nSPS) is 23.0. The van der Waals surface area contributed by atoms with E-state index >= 15 is 0 Å². The van der Waals surface area contributed by atoms with Crippen LogP contribution in [0.2, 0.25) is 0 Å². The zero-order chi connectivity index (χ0) is 13.3. The van der Waals surface area contributed by atoms with Crippen molar-refractivity contribution in [3.8, 4) is 0 Å². The lowest BCUT2D eigenvalue weighted by Crippen LogP contribution is -2.40. The van der Waals surface area contributed by atoms with E-state index in [9.17, 15) is 9.59 Å². The number of amides is 1. The Balaban J connectivity index is 2.07. The van der Waals surface area contributed by atoms with E-state index in [2.05, 4.69) is 10.3 Å². The lowest BCUT2D eigenvalue weighted by molar-refractivity contribution is -0.142. The van der Waals surface area contributed by atoms with Gasteiger partial charge in [-0.1, -0.05) is 6.42 Å². The first-order valence-corrected chi connectivity index (χ1v) is 6.78. The maximum atomic E-state index is 12.1. The Labute approximate surface area is 109 Å². The van der Waals surface area contributed by atoms with E-state index in [1.807, 2.05) is 6.92 Å². The zero-order valence-corrected chi connectivity index (χ0v) is 11.2. The molecule has 0 spiro atoms. The van der Waals surface area contributed by atoms with Crippen molar-refractivity contribution >= 4 is 23.2 Å². The molecule has 0 saturated heterocycles. The van der Waals surface area contributed by atoms with Crippen molar-refractivity contribution in [1.82, 2.24) is 10.3 Å². The molecule has 0 bridgehead atoms. The summed E-state index contributed by atoms with van der Waals surface area (Å²) in [5.74, 6) is -1.48. The highest BCUT2D eigenvalue weighted by molar-refractivity contribution is 7.13. The van der Waals surface area contributed by atoms with Gasteiger partial charge in [0.1, 0.15) is 4.88 Å². The van der Waals surface area contributed by atoms with Gasteiger partial charge in [-0.25, -0.2) is 4.98 Å². The molecule has 1 amide bonds. The average Bonchev–Trinajstić information content (AvgIpc) is 2.85. The summed E-state index contributed by atoms with van der Waals surface area (Å²) in [5.41, 5.74) is 0.708. The van der Waals surface area contributed by atoms with Gasteiger partial charge >= 0.3 is 5.97 Å². The van der Waals surface area contributed by atoms with E-state index < -0.39 is 11.9 Å². The van der Waals surface area contributed by atoms with Crippen molar-refractivity contribution in [2.75, 3.05) is 0 Å². The molecule has 1 saturated carbocycles. The van der Waals surface area contributed by atoms with Crippen LogP contribution in [-0.4, -0.2) is 28.0 Å². The van der Waals surface area contributed by atoms with Crippen molar-refractivity contribution < 1.29 is 14.7 Å². The van der Waals surface area contributed by atoms with E-state index in [1.54, 1.807) is 6.92 Å². The number of aliphatic carboxylic acids is 1. The number of carboxylic acid groups (broad SMARTS) is 1. The summed E-state index contributed by atoms with van der Waals surface area (Å²) in [6.45, 7) is 3.64. The number of aromatic nitrogens is 1. The molecule has 5 nitrogen and oxygen atoms in total. The van der Waals surface area contributed by atoms with Crippen LogP contribution in [0.15, 0.2) is 0 Å². The second-order valence-electron chi connectivity index (χ2n) is 4.60. The summed E-state index contributed by atoms with van der Waals surface area (Å²) in [6.07, 6.45) is 2.23. The maximum absolute atomic E-state index is 12.1. The van der Waals surface area contributed by atoms with Crippen LogP contribution in [0, 0.1) is 19.8 Å². The molecular weight excluding hydrogens is 252 g/mol. The molecule has 0 aromatic carbocycles. The SMILES string of the molecule is Cc1nc(C)c(C(=O)NC2CCCC2C(=O)O)s1. The Bertz CT molecular complexity index is 484. The van der Waals surface area contributed by atoms with Gasteiger partial charge in [0.15, 0.2) is 0 Å². The van der Waals surface area contributed by atoms with Crippen molar-refractivity contribution in [1.29, 1.82) is 0 Å². The molecule has 0 radical (unpaired) electrons. The summed E-state index contributed by atoms with van der Waals surface area (Å²) in [7, 11) is 0. The van der Waals surface area contributed by atoms with E-state index in [1.165, 1.54) is 11.3 Å². The molecular formula is C12H16N2O3S. The lowest BCUT2D eigenvalue weighted by atomic mass is 10.0. The summed E-state index contributed by atoms with van der Waals surface area (Å²) < 4.78 is 0. The Hall–Kier alpha value is -1.43. The molecule has 1 fully saturated rings. The number of carboxylic acids is 1. The van der Waals surface area contributed by atoms with E-state index in [-0.39, 0.29) is 11.9 Å². The molecule has 2 rings (SSSR count). The largest absolute Gasteiger partial charge is 0.481 e. The van der Waals surface area contributed by atoms with Gasteiger partial charge in [-0.05, 0) is 26.7 Å². The number of carbonyl (C=O) groups is 2. The number of nitrogens with one attached hydrogen (secondary N) is 1. The van der Waals surface area contributed by atoms with Crippen LogP contribution in [0.5, 0.6) is 0 Å². The monoisotopic (exact) mass is 268 g/mol. The molecule has 1 aliphatic rings. The third-order valence-corrected chi connectivity index (χ3v) is 4.33. The predicted molar refractivity (Wildman–Crippen MR) is 67.8 cm³/mol. The van der Waals surface area contributed by atoms with Crippen LogP contribution in [-0.2, 0) is 4.79 Å². The van der Waals surface area contributed by atoms with E-state index in [0.717, 1.165) is 17.8 Å². The Morgan fingerprint density at radius 1 is 1.39 bits per heavy atom. The van der Waals surface area contributed by atoms with E-state index in [4.69, 9.17) is 5.11 Å². The summed E-state index contributed by atoms with van der Waals surface area (Å²) >= 11 is 1.34. The van der Waals surface area contributed by atoms with Gasteiger partial charge in [0, 0.05) is 6.04 Å². The predicted octanol–water partition coefficient (Wildman–Crippen LogP) is 1.74. The van der Waals surface area contributed by atoms with Crippen LogP contribution >= 0.6 is 11.3 Å². The Morgan fingerprint density at radius 3 is 2.67 bits per heavy atom. The minimum atomic E-state index is -0.824. The van der Waals surface area contributed by atoms with Crippen LogP contribution < -0.4 is 5.32 Å². The second kappa shape index (κ2) is 5.06. The maximum Gasteiger partial charge on any atom is 0.308 e. The fourth-order valence-corrected chi connectivity index (χ4v) is 3.23. The quantitative estimate of drug-likeness (QED) is 0.875. The Morgan fingerprint density at radius 2 is 2.11 bits per heavy atom. The highest BCUT2D eigenvalue weighted by Crippen LogP contribution is 2.27. The minimum Gasteiger partial charge on any atom is -0.481 e. The first kappa shape index (κ1) is 13.0. The fourth-order valence-electron chi connectivity index (χ4n) is 2.40. The molecule has 98 valence electrons. The van der Waals surface area contributed by atoms with Gasteiger partial charge < -0.3 is 10.4 Å². The Kier molecular flexibility index (Phi) is 3.65. The standard InChI is InChI=1S/C12H16N2O3S/c1-6-10(18-7(2)13-6)11(15)14-9-5-3-4-8(9)12(16)17/h8-9H,3-5H2,1-2H3,(H,14,15)(H,16,17). The fraction of sp³-hybridized carbons (Fsp3) is 0.583. The number of carbonyl (C=O) groups excluding carboxylic acids is 1. The van der Waals surface area contributed by atoms with E-state index in [0.29, 0.717) is 17.0 Å². The summed E-state index contributed by atoms with van der Waals surface area (Å²) in [4.78, 5) is 27.9. The molecule has 1 heterocycles. The molecule has 2 atom stereocenters. The highest BCUT2D eigenvalue weighted by Gasteiger charge is 2.34. The van der Waals surface area contributed by atoms with Crippen LogP contribution in [0.25, 0.3) is 0 Å². The van der Waals surface area contributed by atoms with Crippen LogP contribution in [0.3, 0.4) is 0 Å². The molecule has 18 heavy (non-hydrogen) atoms.